The first-order chi connectivity index (χ1) is 7.72. The van der Waals surface area contributed by atoms with Crippen molar-refractivity contribution in [3.05, 3.63) is 35.9 Å². The molecule has 1 atom stereocenters. The third kappa shape index (κ3) is 4.77. The monoisotopic (exact) mass is 223 g/mol. The molecule has 1 rings (SSSR count). The Hall–Kier alpha value is -1.59. The highest BCUT2D eigenvalue weighted by atomic mass is 16.6. The first kappa shape index (κ1) is 12.5. The maximum absolute atomic E-state index is 10.7. The average molecular weight is 223 g/mol. The Labute approximate surface area is 94.7 Å². The topological polar surface area (TPSA) is 90.4 Å². The SMILES string of the molecule is NNC(=O)OC(N)CCCc1ccccc1. The highest BCUT2D eigenvalue weighted by molar-refractivity contribution is 5.66. The molecule has 0 aliphatic carbocycles. The molecule has 1 aromatic rings. The molecule has 0 fully saturated rings. The van der Waals surface area contributed by atoms with Gasteiger partial charge in [0.25, 0.3) is 0 Å². The Morgan fingerprint density at radius 3 is 2.69 bits per heavy atom. The van der Waals surface area contributed by atoms with Crippen molar-refractivity contribution in [3.8, 4) is 0 Å². The smallest absolute Gasteiger partial charge is 0.422 e. The number of ether oxygens (including phenoxy) is 1. The number of amides is 1. The van der Waals surface area contributed by atoms with Crippen molar-refractivity contribution >= 4 is 6.09 Å². The van der Waals surface area contributed by atoms with Crippen molar-refractivity contribution in [3.63, 3.8) is 0 Å². The predicted molar refractivity (Wildman–Crippen MR) is 61.2 cm³/mol. The number of carbonyl (C=O) groups is 1. The molecule has 0 bridgehead atoms. The van der Waals surface area contributed by atoms with Gasteiger partial charge in [0.05, 0.1) is 0 Å². The van der Waals surface area contributed by atoms with Gasteiger partial charge in [-0.25, -0.2) is 10.6 Å². The van der Waals surface area contributed by atoms with Gasteiger partial charge in [-0.05, 0) is 24.8 Å². The van der Waals surface area contributed by atoms with Gasteiger partial charge >= 0.3 is 6.09 Å². The van der Waals surface area contributed by atoms with Crippen LogP contribution in [-0.2, 0) is 11.2 Å². The summed E-state index contributed by atoms with van der Waals surface area (Å²) < 4.78 is 4.74. The molecule has 5 heteroatoms. The molecule has 0 saturated heterocycles. The Morgan fingerprint density at radius 1 is 1.38 bits per heavy atom. The lowest BCUT2D eigenvalue weighted by molar-refractivity contribution is 0.0950. The Balaban J connectivity index is 2.18. The lowest BCUT2D eigenvalue weighted by atomic mass is 10.1. The van der Waals surface area contributed by atoms with Crippen LogP contribution in [0, 0.1) is 0 Å². The normalized spacial score (nSPS) is 11.9. The predicted octanol–water partition coefficient (Wildman–Crippen LogP) is 0.894. The van der Waals surface area contributed by atoms with Crippen LogP contribution in [0.25, 0.3) is 0 Å². The number of carbonyl (C=O) groups excluding carboxylic acids is 1. The molecule has 1 unspecified atom stereocenters. The molecule has 0 aromatic heterocycles. The molecule has 5 N–H and O–H groups in total. The second kappa shape index (κ2) is 6.81. The van der Waals surface area contributed by atoms with Crippen molar-refractivity contribution in [1.29, 1.82) is 0 Å². The van der Waals surface area contributed by atoms with E-state index in [1.54, 1.807) is 0 Å². The van der Waals surface area contributed by atoms with Crippen molar-refractivity contribution in [2.45, 2.75) is 25.5 Å². The van der Waals surface area contributed by atoms with Gasteiger partial charge in [0, 0.05) is 0 Å². The Morgan fingerprint density at radius 2 is 2.06 bits per heavy atom. The number of hydrogen-bond donors (Lipinski definition) is 3. The zero-order valence-electron chi connectivity index (χ0n) is 9.06. The summed E-state index contributed by atoms with van der Waals surface area (Å²) in [6, 6.07) is 10.1. The molecule has 0 spiro atoms. The number of aryl methyl sites for hydroxylation is 1. The largest absolute Gasteiger partial charge is 0.430 e. The maximum Gasteiger partial charge on any atom is 0.422 e. The second-order valence-corrected chi connectivity index (χ2v) is 3.47. The molecule has 16 heavy (non-hydrogen) atoms. The van der Waals surface area contributed by atoms with Gasteiger partial charge in [0.15, 0.2) is 6.23 Å². The lowest BCUT2D eigenvalue weighted by Crippen LogP contribution is -2.37. The van der Waals surface area contributed by atoms with Gasteiger partial charge in [-0.2, -0.15) is 0 Å². The lowest BCUT2D eigenvalue weighted by Gasteiger charge is -2.12. The van der Waals surface area contributed by atoms with Gasteiger partial charge < -0.3 is 4.74 Å². The second-order valence-electron chi connectivity index (χ2n) is 3.47. The van der Waals surface area contributed by atoms with E-state index in [0.717, 1.165) is 12.8 Å². The summed E-state index contributed by atoms with van der Waals surface area (Å²) in [4.78, 5) is 10.7. The molecule has 1 aromatic carbocycles. The van der Waals surface area contributed by atoms with E-state index in [0.29, 0.717) is 6.42 Å². The van der Waals surface area contributed by atoms with E-state index in [1.807, 2.05) is 23.6 Å². The van der Waals surface area contributed by atoms with E-state index in [-0.39, 0.29) is 0 Å². The summed E-state index contributed by atoms with van der Waals surface area (Å²) in [6.45, 7) is 0. The molecule has 0 aliphatic heterocycles. The number of nitrogens with two attached hydrogens (primary N) is 2. The van der Waals surface area contributed by atoms with E-state index in [2.05, 4.69) is 12.1 Å². The zero-order chi connectivity index (χ0) is 11.8. The molecule has 88 valence electrons. The summed E-state index contributed by atoms with van der Waals surface area (Å²) in [5.74, 6) is 4.86. The van der Waals surface area contributed by atoms with Gasteiger partial charge in [-0.1, -0.05) is 30.3 Å². The molecule has 1 amide bonds. The molecule has 0 radical (unpaired) electrons. The summed E-state index contributed by atoms with van der Waals surface area (Å²) in [7, 11) is 0. The van der Waals surface area contributed by atoms with E-state index in [4.69, 9.17) is 16.3 Å². The maximum atomic E-state index is 10.7. The van der Waals surface area contributed by atoms with Crippen molar-refractivity contribution in [2.24, 2.45) is 11.6 Å². The third-order valence-corrected chi connectivity index (χ3v) is 2.17. The molecule has 0 saturated carbocycles. The third-order valence-electron chi connectivity index (χ3n) is 2.17. The minimum Gasteiger partial charge on any atom is -0.430 e. The van der Waals surface area contributed by atoms with Crippen LogP contribution in [0.2, 0.25) is 0 Å². The van der Waals surface area contributed by atoms with Gasteiger partial charge in [0.2, 0.25) is 0 Å². The molecule has 5 nitrogen and oxygen atoms in total. The van der Waals surface area contributed by atoms with E-state index >= 15 is 0 Å². The van der Waals surface area contributed by atoms with Crippen LogP contribution in [0.15, 0.2) is 30.3 Å². The molecule has 0 aliphatic rings. The molecular weight excluding hydrogens is 206 g/mol. The van der Waals surface area contributed by atoms with Crippen LogP contribution >= 0.6 is 0 Å². The molecule has 0 heterocycles. The first-order valence-electron chi connectivity index (χ1n) is 5.19. The Bertz CT molecular complexity index is 316. The number of hydrazine groups is 1. The molecular formula is C11H17N3O2. The average Bonchev–Trinajstić information content (AvgIpc) is 2.30. The van der Waals surface area contributed by atoms with Crippen LogP contribution in [-0.4, -0.2) is 12.3 Å². The van der Waals surface area contributed by atoms with Crippen LogP contribution in [0.1, 0.15) is 18.4 Å². The fraction of sp³-hybridized carbons (Fsp3) is 0.364. The highest BCUT2D eigenvalue weighted by Gasteiger charge is 2.07. The van der Waals surface area contributed by atoms with Crippen molar-refractivity contribution < 1.29 is 9.53 Å². The van der Waals surface area contributed by atoms with Gasteiger partial charge in [-0.15, -0.1) is 0 Å². The minimum atomic E-state index is -0.702. The fourth-order valence-electron chi connectivity index (χ4n) is 1.38. The standard InChI is InChI=1S/C11H17N3O2/c12-10(16-11(15)14-13)8-4-7-9-5-2-1-3-6-9/h1-3,5-6,10H,4,7-8,12-13H2,(H,14,15). The fourth-order valence-corrected chi connectivity index (χ4v) is 1.38. The number of hydrogen-bond acceptors (Lipinski definition) is 4. The minimum absolute atomic E-state index is 0.604. The number of benzene rings is 1. The van der Waals surface area contributed by atoms with Gasteiger partial charge in [-0.3, -0.25) is 11.2 Å². The van der Waals surface area contributed by atoms with Crippen molar-refractivity contribution in [1.82, 2.24) is 5.43 Å². The van der Waals surface area contributed by atoms with E-state index < -0.39 is 12.3 Å². The quantitative estimate of drug-likeness (QED) is 0.299. The van der Waals surface area contributed by atoms with Crippen LogP contribution < -0.4 is 17.0 Å². The van der Waals surface area contributed by atoms with E-state index in [9.17, 15) is 4.79 Å². The number of rotatable bonds is 5. The van der Waals surface area contributed by atoms with Crippen molar-refractivity contribution in [2.75, 3.05) is 0 Å². The van der Waals surface area contributed by atoms with Crippen LogP contribution in [0.3, 0.4) is 0 Å². The van der Waals surface area contributed by atoms with Crippen LogP contribution in [0.5, 0.6) is 0 Å². The number of nitrogens with one attached hydrogen (secondary N) is 1. The first-order valence-corrected chi connectivity index (χ1v) is 5.19. The summed E-state index contributed by atoms with van der Waals surface area (Å²) in [5.41, 5.74) is 8.69. The highest BCUT2D eigenvalue weighted by Crippen LogP contribution is 2.06. The van der Waals surface area contributed by atoms with E-state index in [1.165, 1.54) is 5.56 Å². The Kier molecular flexibility index (Phi) is 5.31. The zero-order valence-corrected chi connectivity index (χ0v) is 9.06. The van der Waals surface area contributed by atoms with Crippen LogP contribution in [0.4, 0.5) is 4.79 Å². The summed E-state index contributed by atoms with van der Waals surface area (Å²) >= 11 is 0. The summed E-state index contributed by atoms with van der Waals surface area (Å²) in [6.07, 6.45) is 1.09. The summed E-state index contributed by atoms with van der Waals surface area (Å²) in [5, 5.41) is 0. The van der Waals surface area contributed by atoms with Gasteiger partial charge in [0.1, 0.15) is 0 Å².